The van der Waals surface area contributed by atoms with E-state index >= 15 is 0 Å². The van der Waals surface area contributed by atoms with Gasteiger partial charge < -0.3 is 33.3 Å². The summed E-state index contributed by atoms with van der Waals surface area (Å²) in [6.45, 7) is 5.77. The van der Waals surface area contributed by atoms with Gasteiger partial charge in [0.25, 0.3) is 23.9 Å². The van der Waals surface area contributed by atoms with Crippen molar-refractivity contribution in [3.63, 3.8) is 0 Å². The maximum absolute atomic E-state index is 9.00. The van der Waals surface area contributed by atoms with E-state index in [0.29, 0.717) is 0 Å². The van der Waals surface area contributed by atoms with E-state index in [1.165, 1.54) is 0 Å². The number of hydrogen-bond acceptors (Lipinski definition) is 6. The molecule has 138 valence electrons. The fourth-order valence-corrected chi connectivity index (χ4v) is 0.118. The Balaban J connectivity index is -0.0000000216. The molecule has 0 rings (SSSR count). The Morgan fingerprint density at radius 2 is 0.783 bits per heavy atom. The van der Waals surface area contributed by atoms with Gasteiger partial charge in [0.1, 0.15) is 0 Å². The number of rotatable bonds is 2. The second-order valence-electron chi connectivity index (χ2n) is 3.01. The van der Waals surface area contributed by atoms with Gasteiger partial charge >= 0.3 is 29.6 Å². The molecule has 0 saturated heterocycles. The molecule has 0 bridgehead atoms. The van der Waals surface area contributed by atoms with Crippen LogP contribution in [0.4, 0.5) is 0 Å². The third-order valence-electron chi connectivity index (χ3n) is 0.408. The molecule has 0 spiro atoms. The minimum atomic E-state index is -0.833. The monoisotopic (exact) mass is 394 g/mol. The Bertz CT molecular complexity index is 221. The third-order valence-corrected chi connectivity index (χ3v) is 0.408. The van der Waals surface area contributed by atoms with Gasteiger partial charge in [-0.1, -0.05) is 0 Å². The Hall–Kier alpha value is -0.681. The summed E-state index contributed by atoms with van der Waals surface area (Å²) < 4.78 is 0. The summed E-state index contributed by atoms with van der Waals surface area (Å²) in [5.74, 6) is -3.33. The van der Waals surface area contributed by atoms with Crippen molar-refractivity contribution in [2.24, 2.45) is 11.5 Å². The van der Waals surface area contributed by atoms with Crippen LogP contribution in [0.5, 0.6) is 0 Å². The van der Waals surface area contributed by atoms with Gasteiger partial charge in [0.15, 0.2) is 0 Å². The van der Waals surface area contributed by atoms with Crippen molar-refractivity contribution < 1.29 is 87.7 Å². The molecule has 0 fully saturated rings. The first-order valence-electron chi connectivity index (χ1n) is 5.53. The Labute approximate surface area is 169 Å². The molecule has 0 atom stereocenters. The van der Waals surface area contributed by atoms with Crippen molar-refractivity contribution in [3.05, 3.63) is 0 Å². The van der Waals surface area contributed by atoms with Crippen molar-refractivity contribution in [2.45, 2.75) is 34.1 Å². The number of aliphatic carboxylic acids is 4. The second kappa shape index (κ2) is 42.9. The van der Waals surface area contributed by atoms with E-state index in [0.717, 1.165) is 47.2 Å². The molecule has 23 heavy (non-hydrogen) atoms. The molecule has 0 radical (unpaired) electrons. The van der Waals surface area contributed by atoms with Gasteiger partial charge in [-0.05, 0) is 19.5 Å². The first-order chi connectivity index (χ1) is 9.34. The SMILES string of the molecule is CC(=O)O.CC(=O)O.CC(=O)O.CC(=O)O.NCCCN.[Fe].[H-].[Na+]. The number of carboxylic acids is 4. The Morgan fingerprint density at radius 1 is 0.696 bits per heavy atom. The van der Waals surface area contributed by atoms with Crippen LogP contribution in [-0.2, 0) is 36.2 Å². The molecule has 12 heteroatoms. The largest absolute Gasteiger partial charge is 1.00 e. The Kier molecular flexibility index (Phi) is 80.7. The van der Waals surface area contributed by atoms with Gasteiger partial charge in [-0.2, -0.15) is 0 Å². The standard InChI is InChI=1S/C3H10N2.4C2H4O2.Fe.Na.H/c4-2-1-3-5;4*1-2(3)4;;;/h1-5H2;4*1H3,(H,3,4);;;/q;;;;;;+1;-1. The zero-order valence-corrected chi connectivity index (χ0v) is 17.2. The van der Waals surface area contributed by atoms with Gasteiger partial charge in [-0.25, -0.2) is 0 Å². The van der Waals surface area contributed by atoms with E-state index in [-0.39, 0.29) is 48.1 Å². The first kappa shape index (κ1) is 43.2. The summed E-state index contributed by atoms with van der Waals surface area (Å²) >= 11 is 0. The van der Waals surface area contributed by atoms with Crippen molar-refractivity contribution in [1.29, 1.82) is 0 Å². The van der Waals surface area contributed by atoms with Crippen LogP contribution in [0, 0.1) is 0 Å². The van der Waals surface area contributed by atoms with E-state index in [2.05, 4.69) is 0 Å². The van der Waals surface area contributed by atoms with Crippen LogP contribution < -0.4 is 41.0 Å². The maximum Gasteiger partial charge on any atom is 1.00 e. The minimum Gasteiger partial charge on any atom is -1.00 e. The van der Waals surface area contributed by atoms with E-state index in [9.17, 15) is 0 Å². The summed E-state index contributed by atoms with van der Waals surface area (Å²) in [6.07, 6.45) is 0.944. The first-order valence-corrected chi connectivity index (χ1v) is 5.53. The van der Waals surface area contributed by atoms with E-state index < -0.39 is 23.9 Å². The van der Waals surface area contributed by atoms with Crippen LogP contribution >= 0.6 is 0 Å². The van der Waals surface area contributed by atoms with Crippen LogP contribution in [0.15, 0.2) is 0 Å². The van der Waals surface area contributed by atoms with Crippen molar-refractivity contribution in [3.8, 4) is 0 Å². The van der Waals surface area contributed by atoms with E-state index in [4.69, 9.17) is 51.1 Å². The van der Waals surface area contributed by atoms with Crippen LogP contribution in [0.25, 0.3) is 0 Å². The maximum atomic E-state index is 9.00. The molecule has 0 saturated carbocycles. The molecule has 0 unspecified atom stereocenters. The van der Waals surface area contributed by atoms with Gasteiger partial charge in [-0.3, -0.25) is 19.2 Å². The predicted octanol–water partition coefficient (Wildman–Crippen LogP) is -3.23. The fourth-order valence-electron chi connectivity index (χ4n) is 0.118. The number of hydrogen-bond donors (Lipinski definition) is 6. The molecule has 0 aromatic rings. The topological polar surface area (TPSA) is 201 Å². The molecule has 0 aliphatic rings. The van der Waals surface area contributed by atoms with Crippen LogP contribution in [0.1, 0.15) is 35.5 Å². The van der Waals surface area contributed by atoms with Gasteiger partial charge in [-0.15, -0.1) is 0 Å². The molecule has 0 aliphatic heterocycles. The second-order valence-corrected chi connectivity index (χ2v) is 3.01. The molecular formula is C11H27FeN2NaO8. The molecule has 0 amide bonds. The molecule has 0 aromatic heterocycles. The van der Waals surface area contributed by atoms with Crippen LogP contribution in [0.3, 0.4) is 0 Å². The zero-order chi connectivity index (χ0) is 18.4. The molecule has 8 N–H and O–H groups in total. The zero-order valence-electron chi connectivity index (χ0n) is 15.1. The summed E-state index contributed by atoms with van der Waals surface area (Å²) in [6, 6.07) is 0. The smallest absolute Gasteiger partial charge is 1.00 e. The fraction of sp³-hybridized carbons (Fsp3) is 0.636. The van der Waals surface area contributed by atoms with Gasteiger partial charge in [0.2, 0.25) is 0 Å². The summed E-state index contributed by atoms with van der Waals surface area (Å²) in [7, 11) is 0. The van der Waals surface area contributed by atoms with Crippen molar-refractivity contribution in [2.75, 3.05) is 13.1 Å². The predicted molar refractivity (Wildman–Crippen MR) is 77.1 cm³/mol. The molecule has 0 aromatic carbocycles. The quantitative estimate of drug-likeness (QED) is 0.259. The van der Waals surface area contributed by atoms with Crippen LogP contribution in [0.2, 0.25) is 0 Å². The van der Waals surface area contributed by atoms with E-state index in [1.54, 1.807) is 0 Å². The third kappa shape index (κ3) is 4570. The normalized spacial score (nSPS) is 6.17. The average molecular weight is 394 g/mol. The number of carboxylic acid groups (broad SMARTS) is 4. The molecule has 10 nitrogen and oxygen atoms in total. The summed E-state index contributed by atoms with van der Waals surface area (Å²) in [5.41, 5.74) is 10.1. The van der Waals surface area contributed by atoms with Gasteiger partial charge in [0.05, 0.1) is 0 Å². The van der Waals surface area contributed by atoms with Crippen molar-refractivity contribution >= 4 is 23.9 Å². The minimum absolute atomic E-state index is 0. The summed E-state index contributed by atoms with van der Waals surface area (Å²) in [4.78, 5) is 36.0. The van der Waals surface area contributed by atoms with Gasteiger partial charge in [0, 0.05) is 44.8 Å². The molecule has 0 aliphatic carbocycles. The molecular weight excluding hydrogens is 367 g/mol. The average Bonchev–Trinajstić information content (AvgIpc) is 2.14. The number of carbonyl (C=O) groups is 4. The summed E-state index contributed by atoms with van der Waals surface area (Å²) in [5, 5.41) is 29.7. The van der Waals surface area contributed by atoms with E-state index in [1.807, 2.05) is 0 Å². The Morgan fingerprint density at radius 3 is 0.783 bits per heavy atom. The van der Waals surface area contributed by atoms with Crippen molar-refractivity contribution in [1.82, 2.24) is 0 Å². The molecule has 0 heterocycles. The van der Waals surface area contributed by atoms with Crippen LogP contribution in [-0.4, -0.2) is 57.4 Å². The number of nitrogens with two attached hydrogens (primary N) is 2.